The van der Waals surface area contributed by atoms with E-state index >= 15 is 0 Å². The summed E-state index contributed by atoms with van der Waals surface area (Å²) in [6, 6.07) is 0. The quantitative estimate of drug-likeness (QED) is 0.494. The van der Waals surface area contributed by atoms with E-state index in [4.69, 9.17) is 0 Å². The Morgan fingerprint density at radius 1 is 0.900 bits per heavy atom. The second-order valence-corrected chi connectivity index (χ2v) is 6.32. The van der Waals surface area contributed by atoms with Gasteiger partial charge in [0.2, 0.25) is 5.84 Å². The van der Waals surface area contributed by atoms with Crippen LogP contribution < -0.4 is 17.0 Å². The van der Waals surface area contributed by atoms with E-state index in [1.165, 1.54) is 96.8 Å². The van der Waals surface area contributed by atoms with Crippen LogP contribution in [0.25, 0.3) is 0 Å². The highest BCUT2D eigenvalue weighted by atomic mass is 79.9. The van der Waals surface area contributed by atoms with Gasteiger partial charge in [0, 0.05) is 12.8 Å². The van der Waals surface area contributed by atoms with Crippen molar-refractivity contribution in [3.63, 3.8) is 0 Å². The van der Waals surface area contributed by atoms with Crippen LogP contribution in [0.1, 0.15) is 77.6 Å². The second kappa shape index (κ2) is 10.6. The normalized spacial score (nSPS) is 19.4. The minimum Gasteiger partial charge on any atom is -1.00 e. The van der Waals surface area contributed by atoms with Gasteiger partial charge in [-0.1, -0.05) is 32.6 Å². The fraction of sp³-hybridized carbons (Fsp3) is 0.941. The van der Waals surface area contributed by atoms with Crippen LogP contribution in [0.5, 0.6) is 0 Å². The Hall–Kier alpha value is -0.0500. The lowest BCUT2D eigenvalue weighted by molar-refractivity contribution is -0.539. The molecule has 0 unspecified atom stereocenters. The molecule has 2 rings (SSSR count). The Bertz CT molecular complexity index is 289. The molecule has 0 saturated carbocycles. The van der Waals surface area contributed by atoms with E-state index in [1.807, 2.05) is 0 Å². The molecule has 0 aliphatic carbocycles. The van der Waals surface area contributed by atoms with E-state index in [1.54, 1.807) is 5.84 Å². The molecule has 0 N–H and O–H groups in total. The van der Waals surface area contributed by atoms with E-state index in [0.717, 1.165) is 0 Å². The molecule has 0 saturated heterocycles. The van der Waals surface area contributed by atoms with Gasteiger partial charge in [0.1, 0.15) is 0 Å². The molecule has 0 aromatic rings. The van der Waals surface area contributed by atoms with E-state index in [9.17, 15) is 0 Å². The first kappa shape index (κ1) is 18.0. The summed E-state index contributed by atoms with van der Waals surface area (Å²) in [6.45, 7) is 7.58. The Morgan fingerprint density at radius 2 is 1.65 bits per heavy atom. The largest absolute Gasteiger partial charge is 1.00 e. The summed E-state index contributed by atoms with van der Waals surface area (Å²) in [5.41, 5.74) is 0. The summed E-state index contributed by atoms with van der Waals surface area (Å²) < 4.78 is 2.69. The van der Waals surface area contributed by atoms with E-state index in [0.29, 0.717) is 0 Å². The van der Waals surface area contributed by atoms with Crippen molar-refractivity contribution in [3.8, 4) is 0 Å². The van der Waals surface area contributed by atoms with Crippen molar-refractivity contribution >= 4 is 5.84 Å². The van der Waals surface area contributed by atoms with Crippen molar-refractivity contribution in [3.05, 3.63) is 0 Å². The highest BCUT2D eigenvalue weighted by Crippen LogP contribution is 2.16. The topological polar surface area (TPSA) is 6.25 Å². The first-order chi connectivity index (χ1) is 9.42. The van der Waals surface area contributed by atoms with Crippen LogP contribution in [0.15, 0.2) is 0 Å². The summed E-state index contributed by atoms with van der Waals surface area (Å²) in [5.74, 6) is 1.69. The monoisotopic (exact) mass is 344 g/mol. The molecule has 0 fully saturated rings. The van der Waals surface area contributed by atoms with E-state index in [-0.39, 0.29) is 17.0 Å². The van der Waals surface area contributed by atoms with Crippen molar-refractivity contribution in [2.45, 2.75) is 77.6 Å². The van der Waals surface area contributed by atoms with Crippen molar-refractivity contribution in [1.29, 1.82) is 0 Å². The Balaban J connectivity index is 0.00000200. The number of hydrogen-bond acceptors (Lipinski definition) is 1. The summed E-state index contributed by atoms with van der Waals surface area (Å²) in [6.07, 6.45) is 15.5. The van der Waals surface area contributed by atoms with Gasteiger partial charge in [-0.2, -0.15) is 0 Å². The predicted molar refractivity (Wildman–Crippen MR) is 83.0 cm³/mol. The Labute approximate surface area is 136 Å². The molecule has 0 atom stereocenters. The molecule has 2 nitrogen and oxygen atoms in total. The first-order valence-corrected chi connectivity index (χ1v) is 8.77. The summed E-state index contributed by atoms with van der Waals surface area (Å²) >= 11 is 0. The van der Waals surface area contributed by atoms with Gasteiger partial charge in [-0.05, 0) is 32.1 Å². The average molecular weight is 345 g/mol. The van der Waals surface area contributed by atoms with Gasteiger partial charge in [-0.3, -0.25) is 9.48 Å². The standard InChI is InChI=1S/C17H33N2.BrH/c1-2-3-4-5-6-9-13-18-15-11-16-19-14-10-7-8-12-17(18)19;/h2-16H2,1H3;1H/q+1;/p-1. The number of hydrogen-bond donors (Lipinski definition) is 0. The zero-order valence-corrected chi connectivity index (χ0v) is 15.0. The number of rotatable bonds is 7. The van der Waals surface area contributed by atoms with Gasteiger partial charge >= 0.3 is 0 Å². The smallest absolute Gasteiger partial charge is 0.246 e. The zero-order valence-electron chi connectivity index (χ0n) is 13.4. The maximum atomic E-state index is 2.72. The van der Waals surface area contributed by atoms with Crippen LogP contribution >= 0.6 is 0 Å². The molecule has 3 heteroatoms. The summed E-state index contributed by atoms with van der Waals surface area (Å²) in [7, 11) is 0. The molecular formula is C17H33BrN2. The van der Waals surface area contributed by atoms with Crippen LogP contribution in [0.4, 0.5) is 0 Å². The van der Waals surface area contributed by atoms with Crippen LogP contribution in [0.2, 0.25) is 0 Å². The second-order valence-electron chi connectivity index (χ2n) is 6.32. The van der Waals surface area contributed by atoms with Crippen molar-refractivity contribution < 1.29 is 21.6 Å². The van der Waals surface area contributed by atoms with Gasteiger partial charge in [0.25, 0.3) is 0 Å². The third-order valence-corrected chi connectivity index (χ3v) is 4.70. The summed E-state index contributed by atoms with van der Waals surface area (Å²) in [5, 5.41) is 0. The Morgan fingerprint density at radius 3 is 2.50 bits per heavy atom. The highest BCUT2D eigenvalue weighted by molar-refractivity contribution is 5.77. The molecule has 0 bridgehead atoms. The lowest BCUT2D eigenvalue weighted by atomic mass is 10.1. The van der Waals surface area contributed by atoms with Crippen LogP contribution in [0.3, 0.4) is 0 Å². The number of nitrogens with zero attached hydrogens (tertiary/aromatic N) is 2. The van der Waals surface area contributed by atoms with Gasteiger partial charge in [0.05, 0.1) is 26.2 Å². The third-order valence-electron chi connectivity index (χ3n) is 4.70. The summed E-state index contributed by atoms with van der Waals surface area (Å²) in [4.78, 5) is 2.72. The molecule has 0 radical (unpaired) electrons. The minimum atomic E-state index is 0. The Kier molecular flexibility index (Phi) is 9.58. The highest BCUT2D eigenvalue weighted by Gasteiger charge is 2.27. The molecule has 2 heterocycles. The molecule has 0 aromatic heterocycles. The average Bonchev–Trinajstić information content (AvgIpc) is 2.68. The van der Waals surface area contributed by atoms with Crippen LogP contribution in [-0.2, 0) is 0 Å². The van der Waals surface area contributed by atoms with Crippen LogP contribution in [-0.4, -0.2) is 41.5 Å². The zero-order chi connectivity index (χ0) is 13.3. The molecule has 118 valence electrons. The van der Waals surface area contributed by atoms with Crippen LogP contribution in [0, 0.1) is 0 Å². The third kappa shape index (κ3) is 5.75. The van der Waals surface area contributed by atoms with E-state index in [2.05, 4.69) is 16.4 Å². The lowest BCUT2D eigenvalue weighted by Crippen LogP contribution is -3.00. The maximum Gasteiger partial charge on any atom is 0.246 e. The molecule has 20 heavy (non-hydrogen) atoms. The van der Waals surface area contributed by atoms with Gasteiger partial charge in [0.15, 0.2) is 0 Å². The molecule has 2 aliphatic heterocycles. The molecular weight excluding hydrogens is 312 g/mol. The molecule has 0 amide bonds. The predicted octanol–water partition coefficient (Wildman–Crippen LogP) is 1.04. The number of unbranched alkanes of at least 4 members (excludes halogenated alkanes) is 5. The molecule has 0 aromatic carbocycles. The van der Waals surface area contributed by atoms with Crippen molar-refractivity contribution in [2.24, 2.45) is 0 Å². The van der Waals surface area contributed by atoms with E-state index < -0.39 is 0 Å². The van der Waals surface area contributed by atoms with Gasteiger partial charge in [-0.15, -0.1) is 0 Å². The fourth-order valence-electron chi connectivity index (χ4n) is 3.55. The molecule has 2 aliphatic rings. The number of amidine groups is 1. The number of halogens is 1. The van der Waals surface area contributed by atoms with Gasteiger partial charge in [-0.25, -0.2) is 0 Å². The fourth-order valence-corrected chi connectivity index (χ4v) is 3.55. The maximum absolute atomic E-state index is 2.72. The van der Waals surface area contributed by atoms with Crippen molar-refractivity contribution in [1.82, 2.24) is 4.90 Å². The first-order valence-electron chi connectivity index (χ1n) is 8.77. The SMILES string of the molecule is CCCCCCCCN1CCC[N+]2=C1CCCCC2.[Br-]. The lowest BCUT2D eigenvalue weighted by Gasteiger charge is -2.26. The van der Waals surface area contributed by atoms with Gasteiger partial charge < -0.3 is 17.0 Å². The molecule has 0 spiro atoms. The van der Waals surface area contributed by atoms with Crippen molar-refractivity contribution in [2.75, 3.05) is 26.2 Å². The minimum absolute atomic E-state index is 0.